The number of aryl methyl sites for hydroxylation is 2. The molecule has 0 saturated carbocycles. The number of carbonyl (C=O) groups is 7. The van der Waals surface area contributed by atoms with Gasteiger partial charge in [-0.2, -0.15) is 0 Å². The van der Waals surface area contributed by atoms with Crippen molar-refractivity contribution >= 4 is 77.3 Å². The Balaban J connectivity index is 1.23. The van der Waals surface area contributed by atoms with Crippen LogP contribution in [0.25, 0.3) is 11.0 Å². The summed E-state index contributed by atoms with van der Waals surface area (Å²) in [4.78, 5) is 127. The van der Waals surface area contributed by atoms with E-state index in [2.05, 4.69) is 15.6 Å². The molecule has 2 fully saturated rings. The molecule has 6 aliphatic rings. The summed E-state index contributed by atoms with van der Waals surface area (Å²) < 4.78 is 32.4. The van der Waals surface area contributed by atoms with Gasteiger partial charge in [0, 0.05) is 131 Å². The summed E-state index contributed by atoms with van der Waals surface area (Å²) in [6.07, 6.45) is -3.76. The zero-order valence-electron chi connectivity index (χ0n) is 55.9. The number of rotatable bonds is 29. The summed E-state index contributed by atoms with van der Waals surface area (Å²) in [5.41, 5.74) is 42.7. The van der Waals surface area contributed by atoms with E-state index in [4.69, 9.17) is 68.9 Å². The number of aromatic nitrogens is 2. The first-order valence-electron chi connectivity index (χ1n) is 32.2. The van der Waals surface area contributed by atoms with E-state index in [-0.39, 0.29) is 83.7 Å². The Morgan fingerprint density at radius 1 is 0.819 bits per heavy atom. The van der Waals surface area contributed by atoms with Crippen LogP contribution in [0.3, 0.4) is 0 Å². The van der Waals surface area contributed by atoms with E-state index in [0.717, 1.165) is 11.1 Å². The molecule has 6 aliphatic heterocycles. The minimum absolute atomic E-state index is 0.0233. The van der Waals surface area contributed by atoms with Crippen LogP contribution in [0.2, 0.25) is 0 Å². The van der Waals surface area contributed by atoms with Crippen LogP contribution in [0.4, 0.5) is 0 Å². The minimum Gasteiger partial charge on any atom is -0.394 e. The fourth-order valence-electron chi connectivity index (χ4n) is 16.4. The second kappa shape index (κ2) is 27.2. The van der Waals surface area contributed by atoms with E-state index in [1.165, 1.54) is 13.3 Å². The molecule has 15 atom stereocenters. The minimum atomic E-state index is -5.08. The van der Waals surface area contributed by atoms with Crippen LogP contribution in [-0.2, 0) is 51.9 Å². The van der Waals surface area contributed by atoms with Crippen LogP contribution in [0, 0.1) is 58.7 Å². The van der Waals surface area contributed by atoms with Gasteiger partial charge in [0.25, 0.3) is 0 Å². The molecule has 8 bridgehead atoms. The second-order valence-electron chi connectivity index (χ2n) is 28.3. The molecule has 7 heterocycles. The number of aliphatic hydroxyl groups excluding tert-OH is 2. The van der Waals surface area contributed by atoms with Crippen molar-refractivity contribution in [3.8, 4) is 0 Å². The van der Waals surface area contributed by atoms with Gasteiger partial charge in [-0.15, -0.1) is 0 Å². The number of amides is 7. The van der Waals surface area contributed by atoms with Crippen molar-refractivity contribution in [2.45, 2.75) is 202 Å². The molecule has 19 N–H and O–H groups in total. The molecule has 516 valence electrons. The van der Waals surface area contributed by atoms with Crippen LogP contribution in [0.5, 0.6) is 0 Å². The number of imidazole rings is 1. The average Bonchev–Trinajstić information content (AvgIpc) is 1.53. The largest absolute Gasteiger partial charge is 0.472 e. The van der Waals surface area contributed by atoms with Crippen molar-refractivity contribution < 1.29 is 67.0 Å². The third kappa shape index (κ3) is 13.5. The molecule has 7 amide bonds. The van der Waals surface area contributed by atoms with Gasteiger partial charge in [0.15, 0.2) is 6.23 Å². The maximum Gasteiger partial charge on any atom is 0.472 e. The van der Waals surface area contributed by atoms with Gasteiger partial charge in [-0.1, -0.05) is 34.6 Å². The number of phosphoric ester groups is 1. The first-order valence-corrected chi connectivity index (χ1v) is 33.7. The summed E-state index contributed by atoms with van der Waals surface area (Å²) in [7, 11) is -5.08. The van der Waals surface area contributed by atoms with E-state index >= 15 is 0 Å². The van der Waals surface area contributed by atoms with Crippen LogP contribution >= 0.6 is 7.82 Å². The molecule has 28 nitrogen and oxygen atoms in total. The third-order valence-electron chi connectivity index (χ3n) is 21.9. The Labute approximate surface area is 547 Å². The lowest BCUT2D eigenvalue weighted by Crippen LogP contribution is -2.56. The number of aliphatic hydroxyl groups is 2. The Morgan fingerprint density at radius 2 is 1.45 bits per heavy atom. The number of hydrogen-bond acceptors (Lipinski definition) is 19. The zero-order chi connectivity index (χ0) is 69.7. The number of benzene rings is 1. The van der Waals surface area contributed by atoms with Gasteiger partial charge in [0.2, 0.25) is 41.4 Å². The number of primary amides is 6. The highest BCUT2D eigenvalue weighted by Gasteiger charge is 2.67. The molecular weight excluding hydrogens is 1230 g/mol. The number of aliphatic imine (C=N–C) groups is 3. The summed E-state index contributed by atoms with van der Waals surface area (Å²) in [6.45, 7) is 19.5. The Bertz CT molecular complexity index is 3650. The van der Waals surface area contributed by atoms with Crippen molar-refractivity contribution in [2.75, 3.05) is 19.7 Å². The first-order chi connectivity index (χ1) is 43.8. The average molecular weight is 1330 g/mol. The molecule has 0 spiro atoms. The smallest absolute Gasteiger partial charge is 0.394 e. The number of nitrogens with two attached hydrogens (primary N) is 7. The van der Waals surface area contributed by atoms with Gasteiger partial charge in [-0.05, 0) is 127 Å². The molecule has 8 rings (SSSR count). The first kappa shape index (κ1) is 72.8. The van der Waals surface area contributed by atoms with Crippen molar-refractivity contribution in [3.05, 3.63) is 63.9 Å². The highest BCUT2D eigenvalue weighted by atomic mass is 31.2. The molecular formula is C65H97N14O14P. The summed E-state index contributed by atoms with van der Waals surface area (Å²) in [6, 6.07) is 2.67. The van der Waals surface area contributed by atoms with Crippen LogP contribution in [0.15, 0.2) is 67.8 Å². The Morgan fingerprint density at radius 3 is 2.04 bits per heavy atom. The van der Waals surface area contributed by atoms with Gasteiger partial charge in [0.1, 0.15) is 18.3 Å². The van der Waals surface area contributed by atoms with Crippen LogP contribution in [-0.4, -0.2) is 139 Å². The Hall–Kier alpha value is -7.04. The molecule has 2 aromatic rings. The van der Waals surface area contributed by atoms with Gasteiger partial charge in [0.05, 0.1) is 41.7 Å². The predicted molar refractivity (Wildman–Crippen MR) is 351 cm³/mol. The van der Waals surface area contributed by atoms with E-state index in [1.807, 2.05) is 87.4 Å². The Kier molecular flexibility index (Phi) is 21.1. The third-order valence-corrected chi connectivity index (χ3v) is 23.0. The number of nitrogens with zero attached hydrogens (tertiary/aromatic N) is 5. The number of phosphoric acid groups is 1. The number of nitrogens with one attached hydrogen (secondary N) is 2. The lowest BCUT2D eigenvalue weighted by atomic mass is 9.55. The second-order valence-corrected chi connectivity index (χ2v) is 29.7. The fourth-order valence-corrected chi connectivity index (χ4v) is 17.6. The monoisotopic (exact) mass is 1330 g/mol. The molecule has 1 aromatic carbocycles. The highest BCUT2D eigenvalue weighted by molar-refractivity contribution is 7.47. The number of ether oxygens (including phenoxy) is 1. The summed E-state index contributed by atoms with van der Waals surface area (Å²) >= 11 is 0. The van der Waals surface area contributed by atoms with Gasteiger partial charge < -0.3 is 75.2 Å². The van der Waals surface area contributed by atoms with Crippen molar-refractivity contribution in [2.24, 2.45) is 99.9 Å². The van der Waals surface area contributed by atoms with Gasteiger partial charge >= 0.3 is 7.82 Å². The standard InChI is InChI=1S/C65H97N14O14P/c1-32-23-40-41(24-33(32)2)79(31-74-40)59-54(88)55(42(30-80)91-59)93-94(89,90)92-34(3)29-73-51(87)18-20-61(8)39(25-48(70)84)58-64(11)62(9,27-49(71)85)38(14-16-46(68)82)53(78-64)36(5)57-63(10,28-50(72)86)65(19-12-22-66,21-17-47(69)83)44(76-57)26-43-60(6,7)37(13-15-45(67)81)52(75-43)35(4)56(61)77-58/h23-24,26,31,34,37-39,42,54-55,58-59,76,80,88H,12-22,25,27-30,66H2,1-11H3,(H2,67,81)(H2,68,82)(H2,69,83)(H2,70,84)(H2,71,85)(H2,72,86)(H,73,87)(H,89,90)/b44-26-,52-35-,57-36-/t34?,37-,38-,39?,42-,54-,55+,58?,59+,61-,62+,63-,64?,65-/m1/s1. The van der Waals surface area contributed by atoms with Crippen molar-refractivity contribution in [1.82, 2.24) is 20.2 Å². The molecule has 2 saturated heterocycles. The molecule has 29 heteroatoms. The maximum absolute atomic E-state index is 14.5. The molecule has 5 unspecified atom stereocenters. The molecule has 94 heavy (non-hydrogen) atoms. The number of hydrogen-bond donors (Lipinski definition) is 12. The summed E-state index contributed by atoms with van der Waals surface area (Å²) in [5, 5.41) is 28.4. The number of allylic oxidation sites excluding steroid dienone is 6. The van der Waals surface area contributed by atoms with Gasteiger partial charge in [-0.25, -0.2) is 9.55 Å². The zero-order valence-corrected chi connectivity index (χ0v) is 56.8. The molecule has 0 aliphatic carbocycles. The topological polar surface area (TPSA) is 486 Å². The van der Waals surface area contributed by atoms with E-state index in [1.54, 1.807) is 4.57 Å². The highest BCUT2D eigenvalue weighted by Crippen LogP contribution is 2.65. The van der Waals surface area contributed by atoms with Crippen LogP contribution < -0.4 is 50.8 Å². The van der Waals surface area contributed by atoms with Crippen molar-refractivity contribution in [1.29, 1.82) is 0 Å². The molecule has 1 aromatic heterocycles. The lowest BCUT2D eigenvalue weighted by Gasteiger charge is -2.48. The van der Waals surface area contributed by atoms with E-state index in [0.29, 0.717) is 69.2 Å². The van der Waals surface area contributed by atoms with Crippen LogP contribution in [0.1, 0.15) is 163 Å². The summed E-state index contributed by atoms with van der Waals surface area (Å²) in [5.74, 6) is -6.73. The quantitative estimate of drug-likeness (QED) is 0.0520. The SMILES string of the molecule is C/C1=C2N=C(/C=C3\N/C(=C(/C)C4=NC(C)(C5N=C1[C@](C)(CCC(=O)NCC(C)OP(=O)(O)O[C@@H]1[C@@H](O)[C@@H](n6cnc7cc(C)c(C)cc76)O[C@@H]1CO)C5CC(N)=O)[C@@](C)(CC(N)=O)[C@@H]4CCC(N)=O)[C@@](C)(CC(N)=O)[C@]3(CCCN)CCC(N)=O)C(C)(C)[C@@H]/2CCC(N)=O. The normalized spacial score (nSPS) is 34.1. The van der Waals surface area contributed by atoms with Crippen molar-refractivity contribution in [3.63, 3.8) is 0 Å². The number of fused-ring (bicyclic) bond motifs is 7. The maximum atomic E-state index is 14.5. The number of carbonyl (C=O) groups excluding carboxylic acids is 7. The van der Waals surface area contributed by atoms with Gasteiger partial charge in [-0.3, -0.25) is 57.6 Å². The lowest BCUT2D eigenvalue weighted by molar-refractivity contribution is -0.124. The molecule has 0 radical (unpaired) electrons. The predicted octanol–water partition coefficient (Wildman–Crippen LogP) is 3.27. The van der Waals surface area contributed by atoms with E-state index in [9.17, 15) is 53.2 Å². The van der Waals surface area contributed by atoms with E-state index < -0.39 is 143 Å². The fraction of sp³-hybridized carbons (Fsp3) is 0.646.